The van der Waals surface area contributed by atoms with Crippen LogP contribution in [0.2, 0.25) is 0 Å². The molecular weight excluding hydrogens is 1030 g/mol. The number of amides is 8. The third-order valence-corrected chi connectivity index (χ3v) is 15.4. The molecule has 2 fully saturated rings. The van der Waals surface area contributed by atoms with Gasteiger partial charge in [-0.1, -0.05) is 133 Å². The maximum absolute atomic E-state index is 15.0. The summed E-state index contributed by atoms with van der Waals surface area (Å²) in [5.41, 5.74) is 7.89. The molecule has 80 heavy (non-hydrogen) atoms. The monoisotopic (exact) mass is 1110 g/mol. The Morgan fingerprint density at radius 2 is 0.912 bits per heavy atom. The Morgan fingerprint density at radius 3 is 1.41 bits per heavy atom. The number of nitrogens with zero attached hydrogens (tertiary/aromatic N) is 1. The first-order valence-electron chi connectivity index (χ1n) is 28.0. The average molecular weight is 1110 g/mol. The Hall–Kier alpha value is -6.78. The number of nitrogens with two attached hydrogens (primary N) is 1. The van der Waals surface area contributed by atoms with Gasteiger partial charge in [0.05, 0.1) is 36.3 Å². The molecule has 0 radical (unpaired) electrons. The molecule has 0 aliphatic carbocycles. The van der Waals surface area contributed by atoms with Gasteiger partial charge in [0, 0.05) is 50.7 Å². The van der Waals surface area contributed by atoms with E-state index in [1.807, 2.05) is 13.8 Å². The van der Waals surface area contributed by atoms with Gasteiger partial charge < -0.3 is 68.3 Å². The SMILES string of the molecule is CC(C)C[C@@H]1NC(=O)[C@H](CCCN)NC(=O)[C@@H](C)[C@H](O)[C@@H](C)[C@H](O)CNC(=O)[C@@H](C)[C@@H](O)[C@@H](C)[C@H](O)CNC(=O)[C@@H](Cc2ccccc2)NC(=O)[C@H](Cc2ccccc2)NC(=O)[C@@H]2CCCN2C(=O)[C@@H](Cc2ccccc2)NC1=O. The molecule has 5 rings (SSSR count). The lowest BCUT2D eigenvalue weighted by Gasteiger charge is -2.32. The highest BCUT2D eigenvalue weighted by atomic mass is 16.3. The summed E-state index contributed by atoms with van der Waals surface area (Å²) < 4.78 is 0. The number of carbonyl (C=O) groups excluding carboxylic acids is 8. The molecule has 2 heterocycles. The lowest BCUT2D eigenvalue weighted by atomic mass is 9.87. The van der Waals surface area contributed by atoms with Gasteiger partial charge in [-0.25, -0.2) is 0 Å². The van der Waals surface area contributed by atoms with Gasteiger partial charge in [-0.3, -0.25) is 38.4 Å². The molecule has 21 nitrogen and oxygen atoms in total. The summed E-state index contributed by atoms with van der Waals surface area (Å²) in [5.74, 6) is -9.99. The summed E-state index contributed by atoms with van der Waals surface area (Å²) in [6, 6.07) is 19.5. The first kappa shape index (κ1) is 64.0. The number of β-amino-alcohol motifs (C(OH)–C–C–N with tert-alkyl or cyclic N) is 2. The van der Waals surface area contributed by atoms with Gasteiger partial charge in [-0.05, 0) is 61.3 Å². The third-order valence-electron chi connectivity index (χ3n) is 15.4. The van der Waals surface area contributed by atoms with E-state index in [1.54, 1.807) is 91.0 Å². The molecule has 13 N–H and O–H groups in total. The summed E-state index contributed by atoms with van der Waals surface area (Å²) in [4.78, 5) is 116. The smallest absolute Gasteiger partial charge is 0.246 e. The topological polar surface area (TPSA) is 331 Å². The van der Waals surface area contributed by atoms with Crippen LogP contribution in [0.3, 0.4) is 0 Å². The highest BCUT2D eigenvalue weighted by Crippen LogP contribution is 2.23. The second-order valence-electron chi connectivity index (χ2n) is 22.0. The molecular formula is C59H85N9O12. The lowest BCUT2D eigenvalue weighted by Crippen LogP contribution is -2.60. The van der Waals surface area contributed by atoms with E-state index < -0.39 is 145 Å². The fourth-order valence-electron chi connectivity index (χ4n) is 10.1. The first-order chi connectivity index (χ1) is 38.1. The van der Waals surface area contributed by atoms with Crippen molar-refractivity contribution in [1.82, 2.24) is 42.1 Å². The minimum absolute atomic E-state index is 0.000495. The van der Waals surface area contributed by atoms with E-state index in [2.05, 4.69) is 37.2 Å². The van der Waals surface area contributed by atoms with E-state index in [-0.39, 0.29) is 64.0 Å². The molecule has 438 valence electrons. The Balaban J connectivity index is 1.52. The van der Waals surface area contributed by atoms with E-state index in [0.29, 0.717) is 23.1 Å². The molecule has 2 saturated heterocycles. The van der Waals surface area contributed by atoms with Crippen LogP contribution >= 0.6 is 0 Å². The van der Waals surface area contributed by atoms with Gasteiger partial charge in [0.2, 0.25) is 47.3 Å². The van der Waals surface area contributed by atoms with Crippen molar-refractivity contribution in [3.63, 3.8) is 0 Å². The van der Waals surface area contributed by atoms with Crippen molar-refractivity contribution in [2.45, 2.75) is 154 Å². The molecule has 2 aliphatic rings. The number of rotatable bonds is 11. The summed E-state index contributed by atoms with van der Waals surface area (Å²) in [5, 5.41) is 64.4. The van der Waals surface area contributed by atoms with Gasteiger partial charge in [0.15, 0.2) is 0 Å². The summed E-state index contributed by atoms with van der Waals surface area (Å²) in [6.45, 7) is 9.00. The molecule has 21 heteroatoms. The largest absolute Gasteiger partial charge is 0.392 e. The summed E-state index contributed by atoms with van der Waals surface area (Å²) >= 11 is 0. The second kappa shape index (κ2) is 31.3. The van der Waals surface area contributed by atoms with Crippen LogP contribution in [0.1, 0.15) is 90.3 Å². The maximum atomic E-state index is 15.0. The molecule has 0 bridgehead atoms. The van der Waals surface area contributed by atoms with E-state index >= 15 is 0 Å². The van der Waals surface area contributed by atoms with Crippen LogP contribution in [-0.2, 0) is 57.6 Å². The van der Waals surface area contributed by atoms with E-state index in [9.17, 15) is 58.8 Å². The molecule has 14 atom stereocenters. The van der Waals surface area contributed by atoms with Crippen LogP contribution in [-0.4, -0.2) is 159 Å². The summed E-state index contributed by atoms with van der Waals surface area (Å²) in [6.07, 6.45) is -4.64. The Morgan fingerprint density at radius 1 is 0.512 bits per heavy atom. The van der Waals surface area contributed by atoms with Gasteiger partial charge in [0.25, 0.3) is 0 Å². The van der Waals surface area contributed by atoms with E-state index in [4.69, 9.17) is 5.73 Å². The number of nitrogens with one attached hydrogen (secondary N) is 7. The molecule has 0 spiro atoms. The molecule has 2 aliphatic heterocycles. The number of benzene rings is 3. The molecule has 0 unspecified atom stereocenters. The van der Waals surface area contributed by atoms with Crippen molar-refractivity contribution in [2.75, 3.05) is 26.2 Å². The molecule has 3 aromatic rings. The number of aliphatic hydroxyl groups is 4. The number of carbonyl (C=O) groups is 8. The Kier molecular flexibility index (Phi) is 25.0. The highest BCUT2D eigenvalue weighted by molar-refractivity contribution is 5.97. The highest BCUT2D eigenvalue weighted by Gasteiger charge is 2.41. The quantitative estimate of drug-likeness (QED) is 0.122. The third kappa shape index (κ3) is 18.7. The van der Waals surface area contributed by atoms with Crippen LogP contribution in [0.15, 0.2) is 91.0 Å². The van der Waals surface area contributed by atoms with Gasteiger partial charge in [-0.15, -0.1) is 0 Å². The molecule has 8 amide bonds. The number of hydrogen-bond donors (Lipinski definition) is 12. The van der Waals surface area contributed by atoms with E-state index in [0.717, 1.165) is 0 Å². The van der Waals surface area contributed by atoms with Crippen LogP contribution in [0.4, 0.5) is 0 Å². The van der Waals surface area contributed by atoms with Crippen molar-refractivity contribution >= 4 is 47.3 Å². The van der Waals surface area contributed by atoms with Crippen molar-refractivity contribution < 1.29 is 58.8 Å². The number of aliphatic hydroxyl groups excluding tert-OH is 4. The van der Waals surface area contributed by atoms with Crippen LogP contribution in [0.5, 0.6) is 0 Å². The van der Waals surface area contributed by atoms with E-state index in [1.165, 1.54) is 32.6 Å². The zero-order valence-corrected chi connectivity index (χ0v) is 46.9. The van der Waals surface area contributed by atoms with Gasteiger partial charge in [0.1, 0.15) is 36.3 Å². The van der Waals surface area contributed by atoms with Gasteiger partial charge >= 0.3 is 0 Å². The van der Waals surface area contributed by atoms with Crippen LogP contribution in [0, 0.1) is 29.6 Å². The van der Waals surface area contributed by atoms with Crippen molar-refractivity contribution in [3.05, 3.63) is 108 Å². The zero-order chi connectivity index (χ0) is 58.6. The lowest BCUT2D eigenvalue weighted by molar-refractivity contribution is -0.142. The zero-order valence-electron chi connectivity index (χ0n) is 46.9. The van der Waals surface area contributed by atoms with Crippen molar-refractivity contribution in [1.29, 1.82) is 0 Å². The fraction of sp³-hybridized carbons (Fsp3) is 0.559. The van der Waals surface area contributed by atoms with Crippen molar-refractivity contribution in [2.24, 2.45) is 35.3 Å². The van der Waals surface area contributed by atoms with Crippen molar-refractivity contribution in [3.8, 4) is 0 Å². The predicted octanol–water partition coefficient (Wildman–Crippen LogP) is 0.149. The second-order valence-corrected chi connectivity index (χ2v) is 22.0. The van der Waals surface area contributed by atoms with Crippen LogP contribution in [0.25, 0.3) is 0 Å². The van der Waals surface area contributed by atoms with Crippen LogP contribution < -0.4 is 43.0 Å². The summed E-state index contributed by atoms with van der Waals surface area (Å²) in [7, 11) is 0. The average Bonchev–Trinajstić information content (AvgIpc) is 3.95. The first-order valence-corrected chi connectivity index (χ1v) is 28.0. The molecule has 0 aromatic heterocycles. The fourth-order valence-corrected chi connectivity index (χ4v) is 10.1. The maximum Gasteiger partial charge on any atom is 0.246 e. The minimum Gasteiger partial charge on any atom is -0.392 e. The Labute approximate surface area is 469 Å². The van der Waals surface area contributed by atoms with Gasteiger partial charge in [-0.2, -0.15) is 0 Å². The molecule has 3 aromatic carbocycles. The predicted molar refractivity (Wildman–Crippen MR) is 299 cm³/mol. The number of hydrogen-bond acceptors (Lipinski definition) is 13. The molecule has 0 saturated carbocycles. The minimum atomic E-state index is -1.49. The Bertz CT molecular complexity index is 2510. The number of fused-ring (bicyclic) bond motifs is 1. The standard InChI is InChI=1S/C59H85N9O12/c1-34(2)28-43-56(77)67-46(31-41-22-14-9-15-23-41)59(80)68-27-17-25-47(68)58(79)66-45(30-40-20-12-8-13-21-40)57(78)65-44(29-39-18-10-7-11-19-39)54(75)62-33-49(70)35(3)50(71)37(5)52(73)61-32-48(69)36(4)51(72)38(6)53(74)63-42(24-16-26-60)55(76)64-43/h7-15,18-23,34-38,42-51,69-72H,16-17,24-33,60H2,1-6H3,(H,61,73)(H,62,75)(H,63,74)(H,64,76)(H,65,78)(H,66,79)(H,67,77)/t35-,36-,37-,38-,42-,43-,44+,45-,46+,47-,48+,49+,50-,51+/m0/s1. The normalized spacial score (nSPS) is 30.0.